The van der Waals surface area contributed by atoms with E-state index >= 15 is 0 Å². The maximum atomic E-state index is 11.4. The monoisotopic (exact) mass is 282 g/mol. The van der Waals surface area contributed by atoms with Gasteiger partial charge >= 0.3 is 5.97 Å². The van der Waals surface area contributed by atoms with Crippen LogP contribution < -0.4 is 0 Å². The third kappa shape index (κ3) is 5.66. The largest absolute Gasteiger partial charge is 0.459 e. The molecule has 2 atom stereocenters. The van der Waals surface area contributed by atoms with Crippen molar-refractivity contribution >= 4 is 5.97 Å². The van der Waals surface area contributed by atoms with Crippen LogP contribution in [-0.4, -0.2) is 24.3 Å². The average molecular weight is 282 g/mol. The summed E-state index contributed by atoms with van der Waals surface area (Å²) in [5.74, 6) is 0.300. The first-order chi connectivity index (χ1) is 9.15. The minimum atomic E-state index is -0.441. The molecule has 0 aliphatic heterocycles. The predicted molar refractivity (Wildman–Crippen MR) is 81.5 cm³/mol. The van der Waals surface area contributed by atoms with E-state index in [0.717, 1.165) is 0 Å². The highest BCUT2D eigenvalue weighted by Crippen LogP contribution is 2.43. The first-order valence-electron chi connectivity index (χ1n) is 7.62. The van der Waals surface area contributed by atoms with E-state index in [1.54, 1.807) is 13.0 Å². The molecule has 2 unspecified atom stereocenters. The van der Waals surface area contributed by atoms with Gasteiger partial charge in [0.25, 0.3) is 0 Å². The molecule has 0 saturated heterocycles. The lowest BCUT2D eigenvalue weighted by molar-refractivity contribution is -0.155. The van der Waals surface area contributed by atoms with Gasteiger partial charge in [0.05, 0.1) is 11.7 Å². The fourth-order valence-corrected chi connectivity index (χ4v) is 2.95. The summed E-state index contributed by atoms with van der Waals surface area (Å²) in [6, 6.07) is 0. The highest BCUT2D eigenvalue weighted by Gasteiger charge is 2.36. The zero-order valence-corrected chi connectivity index (χ0v) is 13.9. The Labute approximate surface area is 123 Å². The first kappa shape index (κ1) is 17.2. The summed E-state index contributed by atoms with van der Waals surface area (Å²) in [6.45, 7) is 12.8. The van der Waals surface area contributed by atoms with Crippen molar-refractivity contribution in [1.29, 1.82) is 0 Å². The molecule has 0 radical (unpaired) electrons. The van der Waals surface area contributed by atoms with Gasteiger partial charge in [0, 0.05) is 6.08 Å². The molecular formula is C17H30O3. The second-order valence-electron chi connectivity index (χ2n) is 7.36. The fraction of sp³-hybridized carbons (Fsp3) is 0.824. The van der Waals surface area contributed by atoms with Crippen molar-refractivity contribution < 1.29 is 14.3 Å². The van der Waals surface area contributed by atoms with E-state index in [4.69, 9.17) is 9.47 Å². The van der Waals surface area contributed by atoms with E-state index in [-0.39, 0.29) is 18.7 Å². The summed E-state index contributed by atoms with van der Waals surface area (Å²) in [4.78, 5) is 11.4. The zero-order chi connectivity index (χ0) is 15.4. The van der Waals surface area contributed by atoms with E-state index < -0.39 is 5.60 Å². The van der Waals surface area contributed by atoms with Crippen LogP contribution in [0, 0.1) is 11.3 Å². The SMILES string of the molecule is C/C=C/C(=O)OCC(C)(C)OC(C)C1CCC(C)(C)C1. The second-order valence-corrected chi connectivity index (χ2v) is 7.36. The highest BCUT2D eigenvalue weighted by atomic mass is 16.6. The number of carbonyl (C=O) groups is 1. The molecular weight excluding hydrogens is 252 g/mol. The van der Waals surface area contributed by atoms with Gasteiger partial charge in [0.2, 0.25) is 0 Å². The molecule has 3 nitrogen and oxygen atoms in total. The minimum Gasteiger partial charge on any atom is -0.459 e. The van der Waals surface area contributed by atoms with Gasteiger partial charge in [-0.05, 0) is 58.3 Å². The Morgan fingerprint density at radius 2 is 2.10 bits per heavy atom. The number of hydrogen-bond acceptors (Lipinski definition) is 3. The van der Waals surface area contributed by atoms with Crippen molar-refractivity contribution in [2.45, 2.75) is 72.5 Å². The van der Waals surface area contributed by atoms with Gasteiger partial charge < -0.3 is 9.47 Å². The summed E-state index contributed by atoms with van der Waals surface area (Å²) in [5, 5.41) is 0. The maximum Gasteiger partial charge on any atom is 0.330 e. The summed E-state index contributed by atoms with van der Waals surface area (Å²) in [7, 11) is 0. The molecule has 0 aromatic carbocycles. The average Bonchev–Trinajstić information content (AvgIpc) is 2.67. The third-order valence-corrected chi connectivity index (χ3v) is 4.04. The molecule has 1 rings (SSSR count). The van der Waals surface area contributed by atoms with Crippen LogP contribution in [-0.2, 0) is 14.3 Å². The molecule has 1 aliphatic carbocycles. The smallest absolute Gasteiger partial charge is 0.330 e. The van der Waals surface area contributed by atoms with E-state index in [0.29, 0.717) is 11.3 Å². The lowest BCUT2D eigenvalue weighted by Crippen LogP contribution is -2.37. The molecule has 0 bridgehead atoms. The summed E-state index contributed by atoms with van der Waals surface area (Å²) >= 11 is 0. The quantitative estimate of drug-likeness (QED) is 0.543. The van der Waals surface area contributed by atoms with E-state index in [1.165, 1.54) is 25.3 Å². The van der Waals surface area contributed by atoms with Crippen LogP contribution in [0.1, 0.15) is 60.8 Å². The van der Waals surface area contributed by atoms with Crippen LogP contribution >= 0.6 is 0 Å². The van der Waals surface area contributed by atoms with Crippen LogP contribution in [0.4, 0.5) is 0 Å². The number of esters is 1. The molecule has 116 valence electrons. The topological polar surface area (TPSA) is 35.5 Å². The standard InChI is InChI=1S/C17H30O3/c1-7-8-15(18)19-12-17(5,6)20-13(2)14-9-10-16(3,4)11-14/h7-8,13-14H,9-12H2,1-6H3/b8-7+. The van der Waals surface area contributed by atoms with Gasteiger partial charge in [-0.2, -0.15) is 0 Å². The van der Waals surface area contributed by atoms with Gasteiger partial charge in [0.1, 0.15) is 6.61 Å². The highest BCUT2D eigenvalue weighted by molar-refractivity contribution is 5.81. The number of carbonyl (C=O) groups excluding carboxylic acids is 1. The van der Waals surface area contributed by atoms with E-state index in [9.17, 15) is 4.79 Å². The molecule has 3 heteroatoms. The number of allylic oxidation sites excluding steroid dienone is 1. The Hall–Kier alpha value is -0.830. The van der Waals surface area contributed by atoms with E-state index in [1.807, 2.05) is 13.8 Å². The second kappa shape index (κ2) is 6.75. The number of ether oxygens (including phenoxy) is 2. The van der Waals surface area contributed by atoms with Crippen molar-refractivity contribution in [3.8, 4) is 0 Å². The third-order valence-electron chi connectivity index (χ3n) is 4.04. The van der Waals surface area contributed by atoms with Crippen molar-refractivity contribution in [2.75, 3.05) is 6.61 Å². The molecule has 20 heavy (non-hydrogen) atoms. The van der Waals surface area contributed by atoms with E-state index in [2.05, 4.69) is 20.8 Å². The van der Waals surface area contributed by atoms with Gasteiger partial charge in [-0.3, -0.25) is 0 Å². The Kier molecular flexibility index (Phi) is 5.81. The molecule has 0 aromatic rings. The van der Waals surface area contributed by atoms with Crippen LogP contribution in [0.5, 0.6) is 0 Å². The molecule has 0 spiro atoms. The lowest BCUT2D eigenvalue weighted by atomic mass is 9.89. The molecule has 1 saturated carbocycles. The normalized spacial score (nSPS) is 24.0. The predicted octanol–water partition coefficient (Wildman–Crippen LogP) is 4.12. The Morgan fingerprint density at radius 3 is 2.60 bits per heavy atom. The minimum absolute atomic E-state index is 0.201. The zero-order valence-electron chi connectivity index (χ0n) is 13.9. The van der Waals surface area contributed by atoms with Crippen LogP contribution in [0.2, 0.25) is 0 Å². The summed E-state index contributed by atoms with van der Waals surface area (Å²) < 4.78 is 11.3. The molecule has 0 amide bonds. The van der Waals surface area contributed by atoms with Gasteiger partial charge in [-0.25, -0.2) is 4.79 Å². The van der Waals surface area contributed by atoms with Crippen LogP contribution in [0.3, 0.4) is 0 Å². The van der Waals surface area contributed by atoms with Crippen molar-refractivity contribution in [1.82, 2.24) is 0 Å². The molecule has 1 fully saturated rings. The maximum absolute atomic E-state index is 11.4. The molecule has 0 heterocycles. The molecule has 0 aromatic heterocycles. The van der Waals surface area contributed by atoms with Gasteiger partial charge in [-0.15, -0.1) is 0 Å². The van der Waals surface area contributed by atoms with Gasteiger partial charge in [-0.1, -0.05) is 19.9 Å². The molecule has 1 aliphatic rings. The lowest BCUT2D eigenvalue weighted by Gasteiger charge is -2.32. The molecule has 0 N–H and O–H groups in total. The van der Waals surface area contributed by atoms with Crippen molar-refractivity contribution in [3.63, 3.8) is 0 Å². The Morgan fingerprint density at radius 1 is 1.45 bits per heavy atom. The number of rotatable bonds is 6. The van der Waals surface area contributed by atoms with Crippen molar-refractivity contribution in [2.24, 2.45) is 11.3 Å². The fourth-order valence-electron chi connectivity index (χ4n) is 2.95. The Bertz CT molecular complexity index is 355. The van der Waals surface area contributed by atoms with Crippen LogP contribution in [0.15, 0.2) is 12.2 Å². The Balaban J connectivity index is 2.43. The number of hydrogen-bond donors (Lipinski definition) is 0. The van der Waals surface area contributed by atoms with Gasteiger partial charge in [0.15, 0.2) is 0 Å². The first-order valence-corrected chi connectivity index (χ1v) is 7.62. The summed E-state index contributed by atoms with van der Waals surface area (Å²) in [6.07, 6.45) is 7.01. The van der Waals surface area contributed by atoms with Crippen LogP contribution in [0.25, 0.3) is 0 Å². The van der Waals surface area contributed by atoms with Crippen molar-refractivity contribution in [3.05, 3.63) is 12.2 Å². The summed E-state index contributed by atoms with van der Waals surface area (Å²) in [5.41, 5.74) is -0.00575.